The second-order valence-electron chi connectivity index (χ2n) is 5.35. The minimum absolute atomic E-state index is 0.0694. The molecule has 0 bridgehead atoms. The lowest BCUT2D eigenvalue weighted by Gasteiger charge is -2.08. The van der Waals surface area contributed by atoms with E-state index >= 15 is 0 Å². The van der Waals surface area contributed by atoms with Crippen molar-refractivity contribution < 1.29 is 9.53 Å². The number of nitrogens with one attached hydrogen (secondary N) is 1. The monoisotopic (exact) mass is 374 g/mol. The highest BCUT2D eigenvalue weighted by atomic mass is 79.9. The van der Waals surface area contributed by atoms with Gasteiger partial charge in [0.25, 0.3) is 5.91 Å². The van der Waals surface area contributed by atoms with Crippen molar-refractivity contribution in [2.45, 2.75) is 20.8 Å². The van der Waals surface area contributed by atoms with Crippen LogP contribution in [0.4, 0.5) is 0 Å². The van der Waals surface area contributed by atoms with E-state index < -0.39 is 0 Å². The summed E-state index contributed by atoms with van der Waals surface area (Å²) in [5.74, 6) is 0.395. The Bertz CT molecular complexity index is 704. The quantitative estimate of drug-likeness (QED) is 0.635. The average molecular weight is 375 g/mol. The fourth-order valence-electron chi connectivity index (χ4n) is 2.10. The van der Waals surface area contributed by atoms with E-state index in [1.807, 2.05) is 57.2 Å². The number of hydrogen-bond acceptors (Lipinski definition) is 3. The first kappa shape index (κ1) is 17.2. The maximum absolute atomic E-state index is 11.8. The third kappa shape index (κ3) is 5.53. The molecule has 0 aliphatic carbocycles. The van der Waals surface area contributed by atoms with Gasteiger partial charge in [-0.15, -0.1) is 0 Å². The van der Waals surface area contributed by atoms with Crippen LogP contribution in [0, 0.1) is 13.8 Å². The summed E-state index contributed by atoms with van der Waals surface area (Å²) in [6.45, 7) is 5.76. The molecule has 0 radical (unpaired) electrons. The van der Waals surface area contributed by atoms with Crippen LogP contribution in [0.15, 0.2) is 52.0 Å². The van der Waals surface area contributed by atoms with Gasteiger partial charge in [0.2, 0.25) is 0 Å². The van der Waals surface area contributed by atoms with Gasteiger partial charge in [-0.1, -0.05) is 34.1 Å². The maximum atomic E-state index is 11.8. The summed E-state index contributed by atoms with van der Waals surface area (Å²) in [6.07, 6.45) is 0. The number of halogens is 1. The Morgan fingerprint density at radius 3 is 2.35 bits per heavy atom. The molecular formula is C18H19BrN2O2. The zero-order valence-electron chi connectivity index (χ0n) is 13.4. The van der Waals surface area contributed by atoms with Crippen LogP contribution in [0.5, 0.6) is 5.75 Å². The van der Waals surface area contributed by atoms with E-state index in [1.165, 1.54) is 0 Å². The largest absolute Gasteiger partial charge is 0.484 e. The number of rotatable bonds is 5. The second-order valence-corrected chi connectivity index (χ2v) is 6.27. The molecule has 0 aliphatic rings. The fraction of sp³-hybridized carbons (Fsp3) is 0.222. The van der Waals surface area contributed by atoms with Crippen molar-refractivity contribution in [3.05, 3.63) is 63.6 Å². The fourth-order valence-corrected chi connectivity index (χ4v) is 2.36. The Kier molecular flexibility index (Phi) is 5.93. The highest BCUT2D eigenvalue weighted by Gasteiger charge is 2.04. The van der Waals surface area contributed by atoms with Crippen molar-refractivity contribution >= 4 is 27.5 Å². The molecule has 0 atom stereocenters. The molecule has 1 amide bonds. The molecule has 0 saturated heterocycles. The number of benzene rings is 2. The Hall–Kier alpha value is -2.14. The average Bonchev–Trinajstić information content (AvgIpc) is 2.50. The van der Waals surface area contributed by atoms with E-state index in [9.17, 15) is 4.79 Å². The molecule has 0 aromatic heterocycles. The van der Waals surface area contributed by atoms with Crippen LogP contribution in [0.1, 0.15) is 23.6 Å². The second kappa shape index (κ2) is 7.92. The van der Waals surface area contributed by atoms with Crippen molar-refractivity contribution in [1.29, 1.82) is 0 Å². The van der Waals surface area contributed by atoms with Gasteiger partial charge in [-0.3, -0.25) is 4.79 Å². The van der Waals surface area contributed by atoms with Crippen molar-refractivity contribution in [2.24, 2.45) is 5.10 Å². The molecule has 2 rings (SSSR count). The number of aryl methyl sites for hydroxylation is 2. The smallest absolute Gasteiger partial charge is 0.277 e. The molecule has 0 unspecified atom stereocenters. The first-order valence-corrected chi connectivity index (χ1v) is 8.03. The summed E-state index contributed by atoms with van der Waals surface area (Å²) >= 11 is 3.38. The lowest BCUT2D eigenvalue weighted by atomic mass is 10.1. The number of nitrogens with zero attached hydrogens (tertiary/aromatic N) is 1. The van der Waals surface area contributed by atoms with E-state index in [4.69, 9.17) is 4.74 Å². The predicted octanol–water partition coefficient (Wildman–Crippen LogP) is 3.99. The SMILES string of the molecule is C/C(=N\NC(=O)COc1cc(C)cc(C)c1)c1ccc(Br)cc1. The van der Waals surface area contributed by atoms with Crippen LogP contribution in [0.2, 0.25) is 0 Å². The first-order chi connectivity index (χ1) is 10.9. The van der Waals surface area contributed by atoms with Crippen molar-refractivity contribution in [3.63, 3.8) is 0 Å². The Balaban J connectivity index is 1.89. The molecule has 0 spiro atoms. The van der Waals surface area contributed by atoms with Gasteiger partial charge in [-0.2, -0.15) is 5.10 Å². The summed E-state index contributed by atoms with van der Waals surface area (Å²) in [5.41, 5.74) is 6.39. The van der Waals surface area contributed by atoms with Gasteiger partial charge >= 0.3 is 0 Å². The molecule has 0 saturated carbocycles. The number of hydrogen-bond donors (Lipinski definition) is 1. The van der Waals surface area contributed by atoms with Gasteiger partial charge in [-0.25, -0.2) is 5.43 Å². The topological polar surface area (TPSA) is 50.7 Å². The summed E-state index contributed by atoms with van der Waals surface area (Å²) in [5, 5.41) is 4.09. The van der Waals surface area contributed by atoms with Crippen LogP contribution in [0.25, 0.3) is 0 Å². The normalized spacial score (nSPS) is 11.2. The van der Waals surface area contributed by atoms with E-state index in [1.54, 1.807) is 0 Å². The first-order valence-electron chi connectivity index (χ1n) is 7.24. The lowest BCUT2D eigenvalue weighted by molar-refractivity contribution is -0.123. The highest BCUT2D eigenvalue weighted by Crippen LogP contribution is 2.16. The van der Waals surface area contributed by atoms with Crippen LogP contribution >= 0.6 is 15.9 Å². The van der Waals surface area contributed by atoms with Gasteiger partial charge in [0.15, 0.2) is 6.61 Å². The molecule has 120 valence electrons. The number of carbonyl (C=O) groups excluding carboxylic acids is 1. The van der Waals surface area contributed by atoms with Crippen LogP contribution in [-0.2, 0) is 4.79 Å². The van der Waals surface area contributed by atoms with Gasteiger partial charge in [0, 0.05) is 4.47 Å². The summed E-state index contributed by atoms with van der Waals surface area (Å²) in [6, 6.07) is 13.6. The number of carbonyl (C=O) groups is 1. The Morgan fingerprint density at radius 1 is 1.13 bits per heavy atom. The number of ether oxygens (including phenoxy) is 1. The van der Waals surface area contributed by atoms with Crippen LogP contribution < -0.4 is 10.2 Å². The highest BCUT2D eigenvalue weighted by molar-refractivity contribution is 9.10. The van der Waals surface area contributed by atoms with Crippen LogP contribution in [-0.4, -0.2) is 18.2 Å². The van der Waals surface area contributed by atoms with Gasteiger partial charge in [0.05, 0.1) is 5.71 Å². The van der Waals surface area contributed by atoms with E-state index in [2.05, 4.69) is 32.5 Å². The molecule has 1 N–H and O–H groups in total. The van der Waals surface area contributed by atoms with Crippen molar-refractivity contribution in [3.8, 4) is 5.75 Å². The number of amides is 1. The lowest BCUT2D eigenvalue weighted by Crippen LogP contribution is -2.25. The minimum atomic E-state index is -0.291. The van der Waals surface area contributed by atoms with Crippen molar-refractivity contribution in [2.75, 3.05) is 6.61 Å². The zero-order chi connectivity index (χ0) is 16.8. The third-order valence-electron chi connectivity index (χ3n) is 3.18. The van der Waals surface area contributed by atoms with Gasteiger partial charge in [-0.05, 0) is 61.7 Å². The number of hydrazone groups is 1. The summed E-state index contributed by atoms with van der Waals surface area (Å²) < 4.78 is 6.50. The molecule has 4 nitrogen and oxygen atoms in total. The predicted molar refractivity (Wildman–Crippen MR) is 95.9 cm³/mol. The van der Waals surface area contributed by atoms with Gasteiger partial charge < -0.3 is 4.74 Å². The minimum Gasteiger partial charge on any atom is -0.484 e. The molecule has 2 aromatic rings. The molecule has 0 heterocycles. The van der Waals surface area contributed by atoms with E-state index in [-0.39, 0.29) is 12.5 Å². The maximum Gasteiger partial charge on any atom is 0.277 e. The molecule has 0 aliphatic heterocycles. The summed E-state index contributed by atoms with van der Waals surface area (Å²) in [7, 11) is 0. The van der Waals surface area contributed by atoms with Crippen molar-refractivity contribution in [1.82, 2.24) is 5.43 Å². The van der Waals surface area contributed by atoms with E-state index in [0.29, 0.717) is 5.75 Å². The third-order valence-corrected chi connectivity index (χ3v) is 3.70. The van der Waals surface area contributed by atoms with Crippen LogP contribution in [0.3, 0.4) is 0 Å². The standard InChI is InChI=1S/C18H19BrN2O2/c1-12-8-13(2)10-17(9-12)23-11-18(22)21-20-14(3)15-4-6-16(19)7-5-15/h4-10H,11H2,1-3H3,(H,21,22)/b20-14+. The molecular weight excluding hydrogens is 356 g/mol. The Labute approximate surface area is 144 Å². The van der Waals surface area contributed by atoms with Gasteiger partial charge in [0.1, 0.15) is 5.75 Å². The summed E-state index contributed by atoms with van der Waals surface area (Å²) in [4.78, 5) is 11.8. The molecule has 2 aromatic carbocycles. The molecule has 5 heteroatoms. The van der Waals surface area contributed by atoms with E-state index in [0.717, 1.165) is 26.9 Å². The Morgan fingerprint density at radius 2 is 1.74 bits per heavy atom. The zero-order valence-corrected chi connectivity index (χ0v) is 15.0. The molecule has 0 fully saturated rings. The molecule has 23 heavy (non-hydrogen) atoms.